The molecule has 2 fully saturated rings. The zero-order valence-corrected chi connectivity index (χ0v) is 69.6. The molecule has 1 amide bonds. The topological polar surface area (TPSA) is 228 Å². The van der Waals surface area contributed by atoms with Gasteiger partial charge in [0.05, 0.1) is 32.0 Å². The van der Waals surface area contributed by atoms with E-state index in [1.165, 1.54) is 308 Å². The number of hydrogen-bond acceptors (Lipinski definition) is 13. The fourth-order valence-corrected chi connectivity index (χ4v) is 15.0. The van der Waals surface area contributed by atoms with Crippen LogP contribution >= 0.6 is 0 Å². The fraction of sp³-hybridized carbons (Fsp3) is 0.840. The molecule has 9 N–H and O–H groups in total. The number of amides is 1. The van der Waals surface area contributed by atoms with Gasteiger partial charge in [-0.25, -0.2) is 0 Å². The summed E-state index contributed by atoms with van der Waals surface area (Å²) >= 11 is 0. The summed E-state index contributed by atoms with van der Waals surface area (Å²) in [5, 5.41) is 87.9. The lowest BCUT2D eigenvalue weighted by Crippen LogP contribution is -2.65. The Hall–Kier alpha value is -2.83. The van der Waals surface area contributed by atoms with Gasteiger partial charge in [-0.3, -0.25) is 4.79 Å². The molecule has 0 spiro atoms. The van der Waals surface area contributed by atoms with Crippen LogP contribution in [-0.2, 0) is 23.7 Å². The number of nitrogens with one attached hydrogen (secondary N) is 1. The van der Waals surface area contributed by atoms with Gasteiger partial charge in [-0.15, -0.1) is 0 Å². The number of hydrogen-bond donors (Lipinski definition) is 9. The molecule has 0 aromatic heterocycles. The molecule has 2 heterocycles. The summed E-state index contributed by atoms with van der Waals surface area (Å²) in [6.07, 6.45) is 92.7. The molecule has 108 heavy (non-hydrogen) atoms. The SMILES string of the molecule is CC/C=C\C/C=C\C/C=C\C/C=C\C/C=C\C/C=C\CCCCCCCCCCCCCCCCCCCCCCCCC(=O)NC(COC1OC(CO)C(OC2OC(CO)C(O)C(O)C2O)C(O)C1O)C(O)/C=C/CCCCCCCCCCCCCCCCCCCCCCCCCCCCCCCCC. The van der Waals surface area contributed by atoms with Crippen LogP contribution in [0.1, 0.15) is 412 Å². The summed E-state index contributed by atoms with van der Waals surface area (Å²) in [5.41, 5.74) is 0. The lowest BCUT2D eigenvalue weighted by atomic mass is 9.97. The van der Waals surface area contributed by atoms with Crippen LogP contribution in [0.3, 0.4) is 0 Å². The standard InChI is InChI=1S/C94H171NO13/c1-3-5-7-9-11-13-15-17-19-21-23-25-27-29-31-33-35-37-38-39-40-41-42-43-44-46-48-50-52-54-56-58-60-62-64-66-68-70-72-74-76-78-86(99)95-82(81-105-93-91(104)89(102)92(85(80-97)107-93)108-94-90(103)88(101)87(100)84(79-96)106-94)83(98)77-75-73-71-69-67-65-63-61-59-57-55-53-51-49-47-45-36-34-32-30-28-26-24-22-20-18-16-14-12-10-8-6-4-2/h5,7,11,13,17,19,23,25,29,31,35,37,75,77,82-85,87-94,96-98,100-104H,3-4,6,8-10,12,14-16,18,20-22,24,26-28,30,32-34,36,38-74,76,78-81H2,1-2H3,(H,95,99)/b7-5-,13-11-,19-17-,25-23-,31-29-,37-35-,77-75+. The lowest BCUT2D eigenvalue weighted by Gasteiger charge is -2.46. The summed E-state index contributed by atoms with van der Waals surface area (Å²) < 4.78 is 23.0. The zero-order chi connectivity index (χ0) is 77.9. The van der Waals surface area contributed by atoms with Gasteiger partial charge in [0.15, 0.2) is 12.6 Å². The molecule has 2 saturated heterocycles. The van der Waals surface area contributed by atoms with E-state index in [0.29, 0.717) is 6.42 Å². The van der Waals surface area contributed by atoms with E-state index < -0.39 is 86.8 Å². The summed E-state index contributed by atoms with van der Waals surface area (Å²) in [4.78, 5) is 13.4. The average Bonchev–Trinajstić information content (AvgIpc) is 0.789. The predicted octanol–water partition coefficient (Wildman–Crippen LogP) is 22.6. The Morgan fingerprint density at radius 1 is 0.343 bits per heavy atom. The van der Waals surface area contributed by atoms with Crippen molar-refractivity contribution >= 4 is 5.91 Å². The van der Waals surface area contributed by atoms with Crippen molar-refractivity contribution in [3.05, 3.63) is 85.1 Å². The van der Waals surface area contributed by atoms with Crippen LogP contribution in [0, 0.1) is 0 Å². The van der Waals surface area contributed by atoms with Crippen molar-refractivity contribution in [2.24, 2.45) is 0 Å². The number of aliphatic hydroxyl groups is 8. The first-order valence-electron chi connectivity index (χ1n) is 45.8. The van der Waals surface area contributed by atoms with Crippen LogP contribution in [0.4, 0.5) is 0 Å². The second-order valence-electron chi connectivity index (χ2n) is 32.1. The third kappa shape index (κ3) is 58.1. The van der Waals surface area contributed by atoms with Crippen LogP contribution in [0.15, 0.2) is 85.1 Å². The zero-order valence-electron chi connectivity index (χ0n) is 69.6. The van der Waals surface area contributed by atoms with E-state index in [1.54, 1.807) is 6.08 Å². The van der Waals surface area contributed by atoms with E-state index >= 15 is 0 Å². The lowest BCUT2D eigenvalue weighted by molar-refractivity contribution is -0.359. The number of ether oxygens (including phenoxy) is 4. The number of carbonyl (C=O) groups excluding carboxylic acids is 1. The molecule has 0 saturated carbocycles. The smallest absolute Gasteiger partial charge is 0.220 e. The van der Waals surface area contributed by atoms with Gasteiger partial charge in [-0.2, -0.15) is 0 Å². The van der Waals surface area contributed by atoms with E-state index in [9.17, 15) is 45.6 Å². The second-order valence-corrected chi connectivity index (χ2v) is 32.1. The molecule has 12 unspecified atom stereocenters. The molecular weight excluding hydrogens is 1350 g/mol. The fourth-order valence-electron chi connectivity index (χ4n) is 15.0. The average molecular weight is 1520 g/mol. The highest BCUT2D eigenvalue weighted by atomic mass is 16.7. The van der Waals surface area contributed by atoms with Crippen molar-refractivity contribution in [1.82, 2.24) is 5.32 Å². The quantitative estimate of drug-likeness (QED) is 0.0204. The maximum absolute atomic E-state index is 13.4. The third-order valence-electron chi connectivity index (χ3n) is 22.1. The number of allylic oxidation sites excluding steroid dienone is 13. The highest BCUT2D eigenvalue weighted by Gasteiger charge is 2.51. The van der Waals surface area contributed by atoms with Crippen molar-refractivity contribution in [3.8, 4) is 0 Å². The van der Waals surface area contributed by atoms with Gasteiger partial charge in [0.2, 0.25) is 5.91 Å². The molecule has 2 rings (SSSR count). The molecule has 0 bridgehead atoms. The summed E-state index contributed by atoms with van der Waals surface area (Å²) in [6.45, 7) is 2.75. The minimum Gasteiger partial charge on any atom is -0.394 e. The Labute approximate surface area is 662 Å². The highest BCUT2D eigenvalue weighted by Crippen LogP contribution is 2.31. The molecule has 0 aliphatic carbocycles. The maximum atomic E-state index is 13.4. The van der Waals surface area contributed by atoms with E-state index in [-0.39, 0.29) is 18.9 Å². The molecule has 0 radical (unpaired) electrons. The predicted molar refractivity (Wildman–Crippen MR) is 452 cm³/mol. The Morgan fingerprint density at radius 2 is 0.639 bits per heavy atom. The van der Waals surface area contributed by atoms with Crippen molar-refractivity contribution < 1.29 is 64.6 Å². The molecule has 14 nitrogen and oxygen atoms in total. The van der Waals surface area contributed by atoms with E-state index in [4.69, 9.17) is 18.9 Å². The van der Waals surface area contributed by atoms with E-state index in [1.807, 2.05) is 6.08 Å². The molecule has 2 aliphatic rings. The molecule has 2 aliphatic heterocycles. The minimum absolute atomic E-state index is 0.232. The second kappa shape index (κ2) is 76.8. The van der Waals surface area contributed by atoms with Crippen LogP contribution in [0.25, 0.3) is 0 Å². The maximum Gasteiger partial charge on any atom is 0.220 e. The molecular formula is C94H171NO13. The number of rotatable bonds is 78. The van der Waals surface area contributed by atoms with Gasteiger partial charge in [0.1, 0.15) is 48.8 Å². The van der Waals surface area contributed by atoms with Crippen molar-refractivity contribution in [3.63, 3.8) is 0 Å². The third-order valence-corrected chi connectivity index (χ3v) is 22.1. The minimum atomic E-state index is -1.79. The first-order valence-corrected chi connectivity index (χ1v) is 45.8. The van der Waals surface area contributed by atoms with Crippen LogP contribution < -0.4 is 5.32 Å². The normalized spacial score (nSPS) is 21.5. The molecule has 14 heteroatoms. The van der Waals surface area contributed by atoms with Gasteiger partial charge in [0.25, 0.3) is 0 Å². The Bertz CT molecular complexity index is 2150. The van der Waals surface area contributed by atoms with Crippen LogP contribution in [0.5, 0.6) is 0 Å². The van der Waals surface area contributed by atoms with Crippen molar-refractivity contribution in [1.29, 1.82) is 0 Å². The van der Waals surface area contributed by atoms with E-state index in [0.717, 1.165) is 77.0 Å². The van der Waals surface area contributed by atoms with Crippen molar-refractivity contribution in [2.45, 2.75) is 485 Å². The Balaban J connectivity index is 1.55. The summed E-state index contributed by atoms with van der Waals surface area (Å²) in [7, 11) is 0. The largest absolute Gasteiger partial charge is 0.394 e. The Morgan fingerprint density at radius 3 is 0.981 bits per heavy atom. The number of unbranched alkanes of at least 4 members (excludes halogenated alkanes) is 53. The Kier molecular flexibility index (Phi) is 72.0. The van der Waals surface area contributed by atoms with E-state index in [2.05, 4.69) is 92.1 Å². The van der Waals surface area contributed by atoms with Crippen LogP contribution in [-0.4, -0.2) is 140 Å². The van der Waals surface area contributed by atoms with Gasteiger partial charge in [0, 0.05) is 6.42 Å². The first kappa shape index (κ1) is 101. The highest BCUT2D eigenvalue weighted by molar-refractivity contribution is 5.76. The van der Waals surface area contributed by atoms with Gasteiger partial charge in [-0.05, 0) is 70.6 Å². The first-order chi connectivity index (χ1) is 53.1. The molecule has 0 aromatic rings. The van der Waals surface area contributed by atoms with Gasteiger partial charge >= 0.3 is 0 Å². The van der Waals surface area contributed by atoms with Gasteiger partial charge < -0.3 is 65.1 Å². The number of aliphatic hydroxyl groups excluding tert-OH is 8. The number of carbonyl (C=O) groups is 1. The molecule has 12 atom stereocenters. The monoisotopic (exact) mass is 1520 g/mol. The van der Waals surface area contributed by atoms with Gasteiger partial charge in [-0.1, -0.05) is 420 Å². The summed E-state index contributed by atoms with van der Waals surface area (Å²) in [5.74, 6) is -0.232. The van der Waals surface area contributed by atoms with Crippen molar-refractivity contribution in [2.75, 3.05) is 19.8 Å². The van der Waals surface area contributed by atoms with Crippen LogP contribution in [0.2, 0.25) is 0 Å². The molecule has 630 valence electrons. The molecule has 0 aromatic carbocycles. The summed E-state index contributed by atoms with van der Waals surface area (Å²) in [6, 6.07) is -0.919.